The number of rotatable bonds is 12. The van der Waals surface area contributed by atoms with Crippen LogP contribution in [0.5, 0.6) is 0 Å². The Morgan fingerprint density at radius 1 is 1.12 bits per heavy atom. The Kier molecular flexibility index (Phi) is 10.6. The van der Waals surface area contributed by atoms with Crippen molar-refractivity contribution in [1.29, 1.82) is 0 Å². The van der Waals surface area contributed by atoms with Crippen molar-refractivity contribution in [3.05, 3.63) is 60.3 Å². The molecule has 176 valence electrons. The van der Waals surface area contributed by atoms with Gasteiger partial charge in [0, 0.05) is 18.1 Å². The molecule has 4 unspecified atom stereocenters. The lowest BCUT2D eigenvalue weighted by atomic mass is 9.78. The first kappa shape index (κ1) is 25.8. The van der Waals surface area contributed by atoms with Gasteiger partial charge in [-0.05, 0) is 46.0 Å². The largest absolute Gasteiger partial charge is 0.478 e. The molecule has 4 atom stereocenters. The van der Waals surface area contributed by atoms with E-state index in [1.54, 1.807) is 30.4 Å². The third kappa shape index (κ3) is 9.37. The topological polar surface area (TPSA) is 85.4 Å². The predicted octanol–water partition coefficient (Wildman–Crippen LogP) is 4.93. The van der Waals surface area contributed by atoms with E-state index in [2.05, 4.69) is 26.8 Å². The van der Waals surface area contributed by atoms with Gasteiger partial charge in [-0.3, -0.25) is 0 Å². The van der Waals surface area contributed by atoms with Crippen LogP contribution < -0.4 is 0 Å². The van der Waals surface area contributed by atoms with Gasteiger partial charge in [-0.1, -0.05) is 55.0 Å². The highest BCUT2D eigenvalue weighted by molar-refractivity contribution is 5.82. The van der Waals surface area contributed by atoms with E-state index in [4.69, 9.17) is 19.3 Å². The van der Waals surface area contributed by atoms with Crippen LogP contribution in [-0.2, 0) is 23.8 Å². The average Bonchev–Trinajstić information content (AvgIpc) is 3.52. The molecule has 1 spiro atoms. The number of epoxide rings is 1. The van der Waals surface area contributed by atoms with Crippen molar-refractivity contribution in [1.82, 2.24) is 0 Å². The smallest absolute Gasteiger partial charge is 0.331 e. The Hall–Kier alpha value is -2.44. The molecule has 32 heavy (non-hydrogen) atoms. The van der Waals surface area contributed by atoms with Crippen LogP contribution in [0.3, 0.4) is 0 Å². The lowest BCUT2D eigenvalue weighted by Gasteiger charge is -2.34. The second-order valence-corrected chi connectivity index (χ2v) is 8.59. The molecule has 1 N–H and O–H groups in total. The monoisotopic (exact) mass is 444 g/mol. The van der Waals surface area contributed by atoms with Crippen LogP contribution in [0.1, 0.15) is 52.9 Å². The molecule has 6 nitrogen and oxygen atoms in total. The summed E-state index contributed by atoms with van der Waals surface area (Å²) >= 11 is 0. The van der Waals surface area contributed by atoms with Gasteiger partial charge < -0.3 is 19.3 Å². The maximum atomic E-state index is 12.2. The highest BCUT2D eigenvalue weighted by atomic mass is 16.6. The number of aliphatic carboxylic acids is 1. The molecular weight excluding hydrogens is 408 g/mol. The molecule has 1 aliphatic carbocycles. The molecule has 6 heteroatoms. The van der Waals surface area contributed by atoms with Crippen LogP contribution in [0, 0.1) is 5.92 Å². The van der Waals surface area contributed by atoms with Crippen LogP contribution >= 0.6 is 0 Å². The van der Waals surface area contributed by atoms with Crippen molar-refractivity contribution < 1.29 is 28.9 Å². The fraction of sp³-hybridized carbons (Fsp3) is 0.538. The summed E-state index contributed by atoms with van der Waals surface area (Å²) in [6.07, 6.45) is 18.8. The van der Waals surface area contributed by atoms with Crippen molar-refractivity contribution in [2.24, 2.45) is 5.92 Å². The molecule has 0 bridgehead atoms. The van der Waals surface area contributed by atoms with Gasteiger partial charge in [0.15, 0.2) is 0 Å². The molecule has 2 rings (SSSR count). The van der Waals surface area contributed by atoms with E-state index >= 15 is 0 Å². The standard InChI is InChI=1S/C26H36O6/c1-4-22(14-13-20(2)3)30-18-21-17-23(15-16-26(21)19-31-26)32-25(29)12-10-8-6-5-7-9-11-24(27)28/h5-13,21-23H,4,14-19H2,1-3H3,(H,27,28). The van der Waals surface area contributed by atoms with Gasteiger partial charge in [0.1, 0.15) is 6.10 Å². The zero-order chi connectivity index (χ0) is 23.4. The van der Waals surface area contributed by atoms with E-state index in [1.807, 2.05) is 0 Å². The summed E-state index contributed by atoms with van der Waals surface area (Å²) < 4.78 is 17.7. The first-order valence-electron chi connectivity index (χ1n) is 11.3. The SMILES string of the molecule is CCC(CC=C(C)C)OCC1CC(OC(=O)C=CC=CC=CC=CC(=O)O)CCC12CO2. The molecule has 1 saturated heterocycles. The predicted molar refractivity (Wildman–Crippen MR) is 124 cm³/mol. The lowest BCUT2D eigenvalue weighted by molar-refractivity contribution is -0.147. The van der Waals surface area contributed by atoms with Crippen molar-refractivity contribution in [3.8, 4) is 0 Å². The molecule has 0 radical (unpaired) electrons. The van der Waals surface area contributed by atoms with Gasteiger partial charge >= 0.3 is 11.9 Å². The quantitative estimate of drug-likeness (QED) is 0.151. The Labute approximate surface area is 191 Å². The van der Waals surface area contributed by atoms with Crippen LogP contribution in [0.2, 0.25) is 0 Å². The number of carbonyl (C=O) groups is 2. The minimum Gasteiger partial charge on any atom is -0.478 e. The summed E-state index contributed by atoms with van der Waals surface area (Å²) in [6, 6.07) is 0. The number of hydrogen-bond acceptors (Lipinski definition) is 5. The van der Waals surface area contributed by atoms with Crippen molar-refractivity contribution in [3.63, 3.8) is 0 Å². The average molecular weight is 445 g/mol. The molecule has 2 aliphatic rings. The van der Waals surface area contributed by atoms with Crippen LogP contribution in [0.4, 0.5) is 0 Å². The van der Waals surface area contributed by atoms with Crippen molar-refractivity contribution in [2.45, 2.75) is 70.7 Å². The minimum atomic E-state index is -0.995. The Morgan fingerprint density at radius 2 is 1.78 bits per heavy atom. The number of carbonyl (C=O) groups excluding carboxylic acids is 1. The molecule has 0 aromatic carbocycles. The zero-order valence-electron chi connectivity index (χ0n) is 19.4. The molecule has 0 aromatic heterocycles. The number of hydrogen-bond donors (Lipinski definition) is 1. The van der Waals surface area contributed by atoms with Gasteiger partial charge in [-0.25, -0.2) is 9.59 Å². The van der Waals surface area contributed by atoms with Gasteiger partial charge in [0.05, 0.1) is 24.9 Å². The summed E-state index contributed by atoms with van der Waals surface area (Å²) in [7, 11) is 0. The second kappa shape index (κ2) is 13.2. The van der Waals surface area contributed by atoms with E-state index in [9.17, 15) is 9.59 Å². The van der Waals surface area contributed by atoms with E-state index < -0.39 is 5.97 Å². The molecule has 1 heterocycles. The fourth-order valence-electron chi connectivity index (χ4n) is 3.76. The van der Waals surface area contributed by atoms with Crippen LogP contribution in [-0.4, -0.2) is 48.1 Å². The Balaban J connectivity index is 1.78. The number of ether oxygens (including phenoxy) is 3. The van der Waals surface area contributed by atoms with E-state index in [1.165, 1.54) is 17.7 Å². The summed E-state index contributed by atoms with van der Waals surface area (Å²) in [5.41, 5.74) is 1.21. The van der Waals surface area contributed by atoms with Crippen LogP contribution in [0.15, 0.2) is 60.3 Å². The summed E-state index contributed by atoms with van der Waals surface area (Å²) in [4.78, 5) is 22.5. The third-order valence-corrected chi connectivity index (χ3v) is 5.78. The second-order valence-electron chi connectivity index (χ2n) is 8.59. The highest BCUT2D eigenvalue weighted by Crippen LogP contribution is 2.47. The van der Waals surface area contributed by atoms with Crippen molar-refractivity contribution in [2.75, 3.05) is 13.2 Å². The van der Waals surface area contributed by atoms with Gasteiger partial charge in [-0.15, -0.1) is 0 Å². The summed E-state index contributed by atoms with van der Waals surface area (Å²) in [5, 5.41) is 8.49. The number of allylic oxidation sites excluding steroid dienone is 7. The van der Waals surface area contributed by atoms with E-state index in [0.717, 1.165) is 44.8 Å². The molecule has 1 saturated carbocycles. The minimum absolute atomic E-state index is 0.0856. The Bertz CT molecular complexity index is 765. The Morgan fingerprint density at radius 3 is 2.38 bits per heavy atom. The van der Waals surface area contributed by atoms with Gasteiger partial charge in [0.2, 0.25) is 0 Å². The van der Waals surface area contributed by atoms with Gasteiger partial charge in [0.25, 0.3) is 0 Å². The highest BCUT2D eigenvalue weighted by Gasteiger charge is 2.54. The van der Waals surface area contributed by atoms with E-state index in [0.29, 0.717) is 6.61 Å². The van der Waals surface area contributed by atoms with Crippen LogP contribution in [0.25, 0.3) is 0 Å². The molecule has 2 fully saturated rings. The number of carboxylic acids is 1. The maximum absolute atomic E-state index is 12.2. The summed E-state index contributed by atoms with van der Waals surface area (Å²) in [6.45, 7) is 7.74. The van der Waals surface area contributed by atoms with E-state index in [-0.39, 0.29) is 29.7 Å². The fourth-order valence-corrected chi connectivity index (χ4v) is 3.76. The maximum Gasteiger partial charge on any atom is 0.331 e. The van der Waals surface area contributed by atoms with Gasteiger partial charge in [-0.2, -0.15) is 0 Å². The first-order chi connectivity index (χ1) is 15.3. The third-order valence-electron chi connectivity index (χ3n) is 5.78. The number of esters is 1. The molecule has 0 amide bonds. The molecular formula is C26H36O6. The zero-order valence-corrected chi connectivity index (χ0v) is 19.4. The number of carboxylic acid groups (broad SMARTS) is 1. The summed E-state index contributed by atoms with van der Waals surface area (Å²) in [5.74, 6) is -1.12. The first-order valence-corrected chi connectivity index (χ1v) is 11.3. The molecule has 0 aromatic rings. The van der Waals surface area contributed by atoms with Crippen molar-refractivity contribution >= 4 is 11.9 Å². The molecule has 1 aliphatic heterocycles. The normalized spacial score (nSPS) is 26.3. The lowest BCUT2D eigenvalue weighted by Crippen LogP contribution is -2.39.